The minimum atomic E-state index is -0.267. The summed E-state index contributed by atoms with van der Waals surface area (Å²) in [7, 11) is 1.88. The van der Waals surface area contributed by atoms with E-state index in [0.717, 1.165) is 37.1 Å². The Morgan fingerprint density at radius 2 is 1.84 bits per heavy atom. The van der Waals surface area contributed by atoms with Gasteiger partial charge in [0.25, 0.3) is 5.91 Å². The number of aryl methyl sites for hydroxylation is 1. The van der Waals surface area contributed by atoms with Crippen molar-refractivity contribution in [1.29, 1.82) is 0 Å². The van der Waals surface area contributed by atoms with E-state index >= 15 is 0 Å². The molecule has 2 aliphatic rings. The summed E-state index contributed by atoms with van der Waals surface area (Å²) in [5, 5.41) is 0.782. The van der Waals surface area contributed by atoms with Gasteiger partial charge in [0, 0.05) is 50.2 Å². The molecule has 134 valence electrons. The summed E-state index contributed by atoms with van der Waals surface area (Å²) in [6.07, 6.45) is 2.54. The van der Waals surface area contributed by atoms with Gasteiger partial charge in [-0.3, -0.25) is 9.69 Å². The van der Waals surface area contributed by atoms with Crippen LogP contribution < -0.4 is 0 Å². The highest BCUT2D eigenvalue weighted by Gasteiger charge is 2.28. The van der Waals surface area contributed by atoms with Crippen molar-refractivity contribution in [3.63, 3.8) is 0 Å². The fourth-order valence-electron chi connectivity index (χ4n) is 4.03. The first-order valence-electron chi connectivity index (χ1n) is 8.99. The number of piperazine rings is 1. The van der Waals surface area contributed by atoms with E-state index in [2.05, 4.69) is 4.90 Å². The van der Waals surface area contributed by atoms with Gasteiger partial charge in [0.1, 0.15) is 11.5 Å². The van der Waals surface area contributed by atoms with Crippen molar-refractivity contribution in [2.75, 3.05) is 37.7 Å². The first-order valence-corrected chi connectivity index (χ1v) is 10.1. The molecule has 4 nitrogen and oxygen atoms in total. The van der Waals surface area contributed by atoms with Crippen LogP contribution in [0.3, 0.4) is 0 Å². The molecule has 1 amide bonds. The van der Waals surface area contributed by atoms with E-state index in [9.17, 15) is 9.18 Å². The number of amides is 1. The molecule has 0 bridgehead atoms. The van der Waals surface area contributed by atoms with Crippen molar-refractivity contribution >= 4 is 28.6 Å². The number of thioether (sulfide) groups is 1. The lowest BCUT2D eigenvalue weighted by Crippen LogP contribution is -2.52. The molecular weight excluding hydrogens is 337 g/mol. The van der Waals surface area contributed by atoms with E-state index in [4.69, 9.17) is 0 Å². The molecule has 0 saturated carbocycles. The Hall–Kier alpha value is -1.53. The van der Waals surface area contributed by atoms with Gasteiger partial charge in [-0.25, -0.2) is 4.39 Å². The number of carbonyl (C=O) groups is 1. The SMILES string of the molecule is Cn1c(C(=O)N2CCN(C3CCSCC3)CC2)cc2cc(F)ccc21. The molecule has 0 radical (unpaired) electrons. The topological polar surface area (TPSA) is 28.5 Å². The van der Waals surface area contributed by atoms with E-state index in [1.165, 1.54) is 36.5 Å². The Morgan fingerprint density at radius 1 is 1.12 bits per heavy atom. The molecule has 4 rings (SSSR count). The van der Waals surface area contributed by atoms with E-state index in [0.29, 0.717) is 11.7 Å². The van der Waals surface area contributed by atoms with Crippen molar-refractivity contribution in [3.8, 4) is 0 Å². The number of nitrogens with zero attached hydrogens (tertiary/aromatic N) is 3. The van der Waals surface area contributed by atoms with Crippen LogP contribution in [-0.4, -0.2) is 64.0 Å². The van der Waals surface area contributed by atoms with E-state index in [1.807, 2.05) is 34.3 Å². The summed E-state index contributed by atoms with van der Waals surface area (Å²) in [6, 6.07) is 7.17. The smallest absolute Gasteiger partial charge is 0.270 e. The summed E-state index contributed by atoms with van der Waals surface area (Å²) in [6.45, 7) is 3.47. The van der Waals surface area contributed by atoms with Gasteiger partial charge in [-0.2, -0.15) is 11.8 Å². The predicted molar refractivity (Wildman–Crippen MR) is 101 cm³/mol. The fourth-order valence-corrected chi connectivity index (χ4v) is 5.11. The number of hydrogen-bond acceptors (Lipinski definition) is 3. The average Bonchev–Trinajstić information content (AvgIpc) is 2.98. The average molecular weight is 361 g/mol. The Kier molecular flexibility index (Phi) is 4.73. The number of rotatable bonds is 2. The van der Waals surface area contributed by atoms with Gasteiger partial charge < -0.3 is 9.47 Å². The second kappa shape index (κ2) is 7.00. The van der Waals surface area contributed by atoms with E-state index < -0.39 is 0 Å². The van der Waals surface area contributed by atoms with Crippen molar-refractivity contribution in [3.05, 3.63) is 35.8 Å². The van der Waals surface area contributed by atoms with Crippen LogP contribution in [-0.2, 0) is 7.05 Å². The van der Waals surface area contributed by atoms with Crippen LogP contribution in [0.1, 0.15) is 23.3 Å². The van der Waals surface area contributed by atoms with Gasteiger partial charge in [-0.1, -0.05) is 0 Å². The predicted octanol–water partition coefficient (Wildman–Crippen LogP) is 2.97. The Labute approximate surface area is 152 Å². The van der Waals surface area contributed by atoms with Crippen LogP contribution >= 0.6 is 11.8 Å². The number of carbonyl (C=O) groups excluding carboxylic acids is 1. The molecule has 6 heteroatoms. The van der Waals surface area contributed by atoms with Gasteiger partial charge in [-0.15, -0.1) is 0 Å². The number of aromatic nitrogens is 1. The lowest BCUT2D eigenvalue weighted by Gasteiger charge is -2.40. The Bertz CT molecular complexity index is 776. The zero-order valence-electron chi connectivity index (χ0n) is 14.6. The van der Waals surface area contributed by atoms with Crippen molar-refractivity contribution in [2.24, 2.45) is 7.05 Å². The zero-order chi connectivity index (χ0) is 17.4. The highest BCUT2D eigenvalue weighted by molar-refractivity contribution is 7.99. The molecule has 2 fully saturated rings. The first-order chi connectivity index (χ1) is 12.1. The van der Waals surface area contributed by atoms with Crippen LogP contribution in [0.25, 0.3) is 10.9 Å². The standard InChI is InChI=1S/C19H24FN3OS/c1-21-17-3-2-15(20)12-14(17)13-18(21)19(24)23-8-6-22(7-9-23)16-4-10-25-11-5-16/h2-3,12-13,16H,4-11H2,1H3. The summed E-state index contributed by atoms with van der Waals surface area (Å²) in [4.78, 5) is 17.4. The summed E-state index contributed by atoms with van der Waals surface area (Å²) in [5.74, 6) is 2.31. The minimum Gasteiger partial charge on any atom is -0.340 e. The molecule has 0 spiro atoms. The van der Waals surface area contributed by atoms with Crippen LogP contribution in [0.15, 0.2) is 24.3 Å². The zero-order valence-corrected chi connectivity index (χ0v) is 15.4. The third-order valence-electron chi connectivity index (χ3n) is 5.53. The number of benzene rings is 1. The monoisotopic (exact) mass is 361 g/mol. The molecule has 0 N–H and O–H groups in total. The van der Waals surface area contributed by atoms with Crippen LogP contribution in [0.5, 0.6) is 0 Å². The van der Waals surface area contributed by atoms with Crippen LogP contribution in [0.4, 0.5) is 4.39 Å². The summed E-state index contributed by atoms with van der Waals surface area (Å²) in [5.41, 5.74) is 1.53. The van der Waals surface area contributed by atoms with Crippen molar-refractivity contribution < 1.29 is 9.18 Å². The molecule has 1 aromatic heterocycles. The molecule has 3 heterocycles. The van der Waals surface area contributed by atoms with Gasteiger partial charge in [0.05, 0.1) is 0 Å². The van der Waals surface area contributed by atoms with Gasteiger partial charge in [0.2, 0.25) is 0 Å². The maximum absolute atomic E-state index is 13.4. The van der Waals surface area contributed by atoms with Crippen LogP contribution in [0, 0.1) is 5.82 Å². The fraction of sp³-hybridized carbons (Fsp3) is 0.526. The molecule has 0 aliphatic carbocycles. The van der Waals surface area contributed by atoms with Crippen LogP contribution in [0.2, 0.25) is 0 Å². The second-order valence-corrected chi connectivity index (χ2v) is 8.19. The quantitative estimate of drug-likeness (QED) is 0.823. The van der Waals surface area contributed by atoms with Gasteiger partial charge in [-0.05, 0) is 48.6 Å². The molecule has 0 unspecified atom stereocenters. The number of fused-ring (bicyclic) bond motifs is 1. The third-order valence-corrected chi connectivity index (χ3v) is 6.58. The molecule has 2 aromatic rings. The molecule has 2 saturated heterocycles. The van der Waals surface area contributed by atoms with Crippen molar-refractivity contribution in [1.82, 2.24) is 14.4 Å². The Morgan fingerprint density at radius 3 is 2.56 bits per heavy atom. The summed E-state index contributed by atoms with van der Waals surface area (Å²) >= 11 is 2.05. The highest BCUT2D eigenvalue weighted by atomic mass is 32.2. The lowest BCUT2D eigenvalue weighted by atomic mass is 10.1. The molecular formula is C19H24FN3OS. The third kappa shape index (κ3) is 3.29. The Balaban J connectivity index is 1.46. The van der Waals surface area contributed by atoms with E-state index in [1.54, 1.807) is 6.07 Å². The molecule has 2 aliphatic heterocycles. The second-order valence-electron chi connectivity index (χ2n) is 6.96. The lowest BCUT2D eigenvalue weighted by molar-refractivity contribution is 0.0551. The molecule has 25 heavy (non-hydrogen) atoms. The minimum absolute atomic E-state index is 0.0537. The number of hydrogen-bond donors (Lipinski definition) is 0. The maximum Gasteiger partial charge on any atom is 0.270 e. The van der Waals surface area contributed by atoms with Crippen molar-refractivity contribution in [2.45, 2.75) is 18.9 Å². The first kappa shape index (κ1) is 16.9. The maximum atomic E-state index is 13.4. The largest absolute Gasteiger partial charge is 0.340 e. The van der Waals surface area contributed by atoms with Gasteiger partial charge in [0.15, 0.2) is 0 Å². The molecule has 0 atom stereocenters. The normalized spacial score (nSPS) is 20.3. The van der Waals surface area contributed by atoms with E-state index in [-0.39, 0.29) is 11.7 Å². The summed E-state index contributed by atoms with van der Waals surface area (Å²) < 4.78 is 15.3. The molecule has 1 aromatic carbocycles. The number of halogens is 1. The van der Waals surface area contributed by atoms with Gasteiger partial charge >= 0.3 is 0 Å². The highest BCUT2D eigenvalue weighted by Crippen LogP contribution is 2.24.